The molecule has 0 fully saturated rings. The van der Waals surface area contributed by atoms with Gasteiger partial charge in [-0.3, -0.25) is 10.1 Å². The Hall–Kier alpha value is -1.91. The van der Waals surface area contributed by atoms with Crippen LogP contribution in [0.4, 0.5) is 5.69 Å². The Bertz CT molecular complexity index is 674. The normalized spacial score (nSPS) is 11.3. The first-order valence-corrected chi connectivity index (χ1v) is 7.39. The predicted molar refractivity (Wildman–Crippen MR) is 75.8 cm³/mol. The van der Waals surface area contributed by atoms with Crippen molar-refractivity contribution in [2.75, 3.05) is 13.1 Å². The summed E-state index contributed by atoms with van der Waals surface area (Å²) in [6.07, 6.45) is 5.14. The summed E-state index contributed by atoms with van der Waals surface area (Å²) in [4.78, 5) is 10.1. The fourth-order valence-corrected chi connectivity index (χ4v) is 3.32. The zero-order valence-electron chi connectivity index (χ0n) is 11.6. The number of aryl methyl sites for hydroxylation is 2. The summed E-state index contributed by atoms with van der Waals surface area (Å²) >= 11 is 0. The van der Waals surface area contributed by atoms with Gasteiger partial charge in [0.25, 0.3) is 15.7 Å². The van der Waals surface area contributed by atoms with Crippen LogP contribution in [0, 0.1) is 36.3 Å². The zero-order chi connectivity index (χ0) is 15.5. The molecule has 0 aliphatic rings. The van der Waals surface area contributed by atoms with Crippen LogP contribution >= 0.6 is 0 Å². The number of hydrogen-bond donors (Lipinski definition) is 0. The van der Waals surface area contributed by atoms with Crippen molar-refractivity contribution in [3.05, 3.63) is 33.4 Å². The molecule has 0 aliphatic carbocycles. The van der Waals surface area contributed by atoms with Crippen molar-refractivity contribution in [1.29, 1.82) is 0 Å². The van der Waals surface area contributed by atoms with E-state index in [0.717, 1.165) is 4.31 Å². The zero-order valence-corrected chi connectivity index (χ0v) is 12.4. The largest absolute Gasteiger partial charge is 0.289 e. The van der Waals surface area contributed by atoms with Crippen LogP contribution in [0.2, 0.25) is 0 Å². The number of nitrogens with zero attached hydrogens (tertiary/aromatic N) is 2. The topological polar surface area (TPSA) is 80.5 Å². The van der Waals surface area contributed by atoms with E-state index in [0.29, 0.717) is 11.1 Å². The van der Waals surface area contributed by atoms with E-state index in [4.69, 9.17) is 6.42 Å². The van der Waals surface area contributed by atoms with Crippen molar-refractivity contribution in [2.45, 2.75) is 25.7 Å². The van der Waals surface area contributed by atoms with Gasteiger partial charge in [0.1, 0.15) is 0 Å². The van der Waals surface area contributed by atoms with Crippen molar-refractivity contribution in [3.63, 3.8) is 0 Å². The van der Waals surface area contributed by atoms with Gasteiger partial charge in [0, 0.05) is 12.6 Å². The molecule has 0 spiro atoms. The molecule has 0 radical (unpaired) electrons. The van der Waals surface area contributed by atoms with Gasteiger partial charge in [-0.15, -0.1) is 6.42 Å². The van der Waals surface area contributed by atoms with E-state index in [9.17, 15) is 18.5 Å². The molecule has 20 heavy (non-hydrogen) atoms. The van der Waals surface area contributed by atoms with Crippen LogP contribution in [-0.4, -0.2) is 30.7 Å². The minimum atomic E-state index is -3.98. The highest BCUT2D eigenvalue weighted by Crippen LogP contribution is 2.29. The highest BCUT2D eigenvalue weighted by molar-refractivity contribution is 7.89. The number of nitro groups is 1. The molecule has 6 nitrogen and oxygen atoms in total. The predicted octanol–water partition coefficient (Wildman–Crippen LogP) is 1.86. The summed E-state index contributed by atoms with van der Waals surface area (Å²) in [6, 6.07) is 2.59. The fourth-order valence-electron chi connectivity index (χ4n) is 1.73. The summed E-state index contributed by atoms with van der Waals surface area (Å²) in [5, 5.41) is 11.1. The average molecular weight is 296 g/mol. The van der Waals surface area contributed by atoms with E-state index in [1.165, 1.54) is 12.1 Å². The first-order valence-electron chi connectivity index (χ1n) is 5.95. The summed E-state index contributed by atoms with van der Waals surface area (Å²) < 4.78 is 26.0. The third-order valence-corrected chi connectivity index (χ3v) is 4.96. The van der Waals surface area contributed by atoms with Gasteiger partial charge >= 0.3 is 0 Å². The number of benzene rings is 1. The minimum Gasteiger partial charge on any atom is -0.258 e. The molecule has 1 rings (SSSR count). The summed E-state index contributed by atoms with van der Waals surface area (Å²) in [5.74, 6) is 2.25. The Morgan fingerprint density at radius 3 is 2.35 bits per heavy atom. The molecule has 0 heterocycles. The van der Waals surface area contributed by atoms with Gasteiger partial charge in [-0.05, 0) is 31.0 Å². The highest BCUT2D eigenvalue weighted by Gasteiger charge is 2.31. The van der Waals surface area contributed by atoms with Crippen LogP contribution in [0.5, 0.6) is 0 Å². The average Bonchev–Trinajstić information content (AvgIpc) is 2.37. The lowest BCUT2D eigenvalue weighted by Crippen LogP contribution is -2.31. The molecule has 1 aromatic carbocycles. The maximum atomic E-state index is 12.5. The highest BCUT2D eigenvalue weighted by atomic mass is 32.2. The molecule has 1 aromatic rings. The molecule has 0 N–H and O–H groups in total. The molecular formula is C13H16N2O4S. The number of nitro benzene ring substituents is 1. The van der Waals surface area contributed by atoms with Gasteiger partial charge in [0.05, 0.1) is 11.5 Å². The Labute approximate surface area is 118 Å². The molecule has 108 valence electrons. The van der Waals surface area contributed by atoms with Crippen LogP contribution < -0.4 is 0 Å². The van der Waals surface area contributed by atoms with Crippen molar-refractivity contribution in [2.24, 2.45) is 0 Å². The lowest BCUT2D eigenvalue weighted by atomic mass is 10.1. The molecule has 0 aromatic heterocycles. The second-order valence-corrected chi connectivity index (χ2v) is 6.20. The second-order valence-electron chi connectivity index (χ2n) is 4.30. The SMILES string of the molecule is C#CCN(CC)S(=O)(=O)c1cc(C)c(C)cc1[N+](=O)[O-]. The lowest BCUT2D eigenvalue weighted by molar-refractivity contribution is -0.387. The van der Waals surface area contributed by atoms with E-state index in [2.05, 4.69) is 5.92 Å². The van der Waals surface area contributed by atoms with Gasteiger partial charge in [0.15, 0.2) is 4.90 Å². The van der Waals surface area contributed by atoms with Gasteiger partial charge in [-0.2, -0.15) is 4.31 Å². The first kappa shape index (κ1) is 16.1. The molecule has 0 bridgehead atoms. The monoisotopic (exact) mass is 296 g/mol. The third kappa shape index (κ3) is 2.98. The van der Waals surface area contributed by atoms with Crippen LogP contribution in [0.15, 0.2) is 17.0 Å². The second kappa shape index (κ2) is 6.03. The molecule has 7 heteroatoms. The van der Waals surface area contributed by atoms with Crippen molar-refractivity contribution < 1.29 is 13.3 Å². The van der Waals surface area contributed by atoms with E-state index < -0.39 is 20.6 Å². The maximum Gasteiger partial charge on any atom is 0.289 e. The number of terminal acetylenes is 1. The van der Waals surface area contributed by atoms with Crippen molar-refractivity contribution in [3.8, 4) is 12.3 Å². The van der Waals surface area contributed by atoms with Crippen LogP contribution in [0.1, 0.15) is 18.1 Å². The van der Waals surface area contributed by atoms with Crippen molar-refractivity contribution >= 4 is 15.7 Å². The van der Waals surface area contributed by atoms with Gasteiger partial charge in [-0.25, -0.2) is 8.42 Å². The molecule has 0 saturated heterocycles. The number of rotatable bonds is 5. The smallest absolute Gasteiger partial charge is 0.258 e. The van der Waals surface area contributed by atoms with Crippen molar-refractivity contribution in [1.82, 2.24) is 4.31 Å². The molecule has 0 unspecified atom stereocenters. The Kier molecular flexibility index (Phi) is 4.87. The Balaban J connectivity index is 3.56. The van der Waals surface area contributed by atoms with Gasteiger partial charge in [-0.1, -0.05) is 12.8 Å². The Morgan fingerprint density at radius 2 is 1.90 bits per heavy atom. The molecule has 0 aliphatic heterocycles. The summed E-state index contributed by atoms with van der Waals surface area (Å²) in [7, 11) is -3.98. The lowest BCUT2D eigenvalue weighted by Gasteiger charge is -2.18. The Morgan fingerprint density at radius 1 is 1.35 bits per heavy atom. The van der Waals surface area contributed by atoms with Gasteiger partial charge < -0.3 is 0 Å². The summed E-state index contributed by atoms with van der Waals surface area (Å²) in [5.41, 5.74) is 0.908. The van der Waals surface area contributed by atoms with Crippen LogP contribution in [-0.2, 0) is 10.0 Å². The summed E-state index contributed by atoms with van der Waals surface area (Å²) in [6.45, 7) is 5.05. The standard InChI is InChI=1S/C13H16N2O4S/c1-5-7-14(6-2)20(18,19)13-9-11(4)10(3)8-12(13)15(16)17/h1,8-9H,6-7H2,2-4H3. The quantitative estimate of drug-likeness (QED) is 0.472. The van der Waals surface area contributed by atoms with E-state index in [-0.39, 0.29) is 18.0 Å². The van der Waals surface area contributed by atoms with E-state index in [1.807, 2.05) is 0 Å². The van der Waals surface area contributed by atoms with Crippen LogP contribution in [0.25, 0.3) is 0 Å². The first-order chi connectivity index (χ1) is 9.25. The molecule has 0 atom stereocenters. The third-order valence-electron chi connectivity index (χ3n) is 3.01. The number of sulfonamides is 1. The van der Waals surface area contributed by atoms with Crippen LogP contribution in [0.3, 0.4) is 0 Å². The minimum absolute atomic E-state index is 0.122. The van der Waals surface area contributed by atoms with Gasteiger partial charge in [0.2, 0.25) is 0 Å². The van der Waals surface area contributed by atoms with E-state index >= 15 is 0 Å². The molecule has 0 amide bonds. The number of hydrogen-bond acceptors (Lipinski definition) is 4. The fraction of sp³-hybridized carbons (Fsp3) is 0.385. The van der Waals surface area contributed by atoms with E-state index in [1.54, 1.807) is 20.8 Å². The molecule has 0 saturated carbocycles. The molecular weight excluding hydrogens is 280 g/mol. The maximum absolute atomic E-state index is 12.5.